The van der Waals surface area contributed by atoms with Gasteiger partial charge in [0.05, 0.1) is 0 Å². The zero-order valence-corrected chi connectivity index (χ0v) is 12.1. The predicted octanol–water partition coefficient (Wildman–Crippen LogP) is 1.35. The molecule has 1 aromatic rings. The first-order valence-electron chi connectivity index (χ1n) is 7.23. The summed E-state index contributed by atoms with van der Waals surface area (Å²) in [4.78, 5) is 21.1. The van der Waals surface area contributed by atoms with E-state index in [-0.39, 0.29) is 12.0 Å². The van der Waals surface area contributed by atoms with Crippen LogP contribution in [0.2, 0.25) is 0 Å². The van der Waals surface area contributed by atoms with Crippen LogP contribution in [-0.4, -0.2) is 48.6 Å². The Morgan fingerprint density at radius 1 is 1.40 bits per heavy atom. The van der Waals surface area contributed by atoms with E-state index in [0.717, 1.165) is 43.0 Å². The van der Waals surface area contributed by atoms with Crippen molar-refractivity contribution in [3.63, 3.8) is 0 Å². The third-order valence-electron chi connectivity index (χ3n) is 4.04. The number of hydrogen-bond donors (Lipinski definition) is 0. The predicted molar refractivity (Wildman–Crippen MR) is 76.6 cm³/mol. The van der Waals surface area contributed by atoms with Gasteiger partial charge in [0.15, 0.2) is 0 Å². The Morgan fingerprint density at radius 3 is 3.00 bits per heavy atom. The molecular weight excluding hydrogens is 254 g/mol. The molecule has 0 aliphatic carbocycles. The van der Waals surface area contributed by atoms with Crippen molar-refractivity contribution in [3.05, 3.63) is 23.4 Å². The number of aromatic nitrogens is 1. The maximum atomic E-state index is 12.5. The molecule has 20 heavy (non-hydrogen) atoms. The lowest BCUT2D eigenvalue weighted by Crippen LogP contribution is -2.40. The molecule has 0 saturated carbocycles. The standard InChI is InChI=1S/C15H21N3O2/c1-11-5-6-12-10-18(8-7-17(2)14(12)16-11)15(19)13-4-3-9-20-13/h5-6,13H,3-4,7-10H2,1-2H3/t13-/m0/s1. The van der Waals surface area contributed by atoms with E-state index in [9.17, 15) is 4.79 Å². The molecule has 0 bridgehead atoms. The van der Waals surface area contributed by atoms with Gasteiger partial charge >= 0.3 is 0 Å². The summed E-state index contributed by atoms with van der Waals surface area (Å²) in [5.74, 6) is 1.12. The highest BCUT2D eigenvalue weighted by atomic mass is 16.5. The Hall–Kier alpha value is -1.62. The summed E-state index contributed by atoms with van der Waals surface area (Å²) in [5.41, 5.74) is 2.12. The van der Waals surface area contributed by atoms with Crippen molar-refractivity contribution in [2.75, 3.05) is 31.6 Å². The van der Waals surface area contributed by atoms with Crippen LogP contribution in [0.15, 0.2) is 12.1 Å². The second-order valence-corrected chi connectivity index (χ2v) is 5.62. The molecule has 0 aromatic carbocycles. The molecule has 1 saturated heterocycles. The average Bonchev–Trinajstić information content (AvgIpc) is 2.92. The van der Waals surface area contributed by atoms with Gasteiger partial charge in [0.1, 0.15) is 11.9 Å². The molecule has 0 radical (unpaired) electrons. The van der Waals surface area contributed by atoms with E-state index in [0.29, 0.717) is 13.2 Å². The minimum absolute atomic E-state index is 0.129. The van der Waals surface area contributed by atoms with E-state index < -0.39 is 0 Å². The molecule has 1 amide bonds. The number of aryl methyl sites for hydroxylation is 1. The number of carbonyl (C=O) groups excluding carboxylic acids is 1. The monoisotopic (exact) mass is 275 g/mol. The van der Waals surface area contributed by atoms with E-state index in [4.69, 9.17) is 4.74 Å². The smallest absolute Gasteiger partial charge is 0.252 e. The van der Waals surface area contributed by atoms with Crippen molar-refractivity contribution >= 4 is 11.7 Å². The van der Waals surface area contributed by atoms with Crippen molar-refractivity contribution < 1.29 is 9.53 Å². The van der Waals surface area contributed by atoms with Gasteiger partial charge in [0.2, 0.25) is 0 Å². The fraction of sp³-hybridized carbons (Fsp3) is 0.600. The van der Waals surface area contributed by atoms with E-state index in [2.05, 4.69) is 16.0 Å². The van der Waals surface area contributed by atoms with Gasteiger partial charge in [-0.3, -0.25) is 4.79 Å². The van der Waals surface area contributed by atoms with Crippen LogP contribution in [0.3, 0.4) is 0 Å². The Morgan fingerprint density at radius 2 is 2.25 bits per heavy atom. The van der Waals surface area contributed by atoms with Crippen LogP contribution in [0.5, 0.6) is 0 Å². The molecule has 0 N–H and O–H groups in total. The summed E-state index contributed by atoms with van der Waals surface area (Å²) in [6, 6.07) is 4.09. The van der Waals surface area contributed by atoms with Crippen molar-refractivity contribution in [1.82, 2.24) is 9.88 Å². The first-order valence-corrected chi connectivity index (χ1v) is 7.23. The van der Waals surface area contributed by atoms with Gasteiger partial charge in [-0.25, -0.2) is 4.98 Å². The highest BCUT2D eigenvalue weighted by molar-refractivity contribution is 5.81. The third kappa shape index (κ3) is 2.50. The minimum Gasteiger partial charge on any atom is -0.368 e. The fourth-order valence-electron chi connectivity index (χ4n) is 2.85. The number of carbonyl (C=O) groups is 1. The van der Waals surface area contributed by atoms with Gasteiger partial charge in [0, 0.05) is 44.5 Å². The molecule has 1 aromatic heterocycles. The lowest BCUT2D eigenvalue weighted by atomic mass is 10.2. The first-order chi connectivity index (χ1) is 9.65. The van der Waals surface area contributed by atoms with E-state index in [1.165, 1.54) is 0 Å². The maximum absolute atomic E-state index is 12.5. The van der Waals surface area contributed by atoms with Crippen molar-refractivity contribution in [2.24, 2.45) is 0 Å². The number of nitrogens with zero attached hydrogens (tertiary/aromatic N) is 3. The molecule has 3 rings (SSSR count). The second kappa shape index (κ2) is 5.40. The number of ether oxygens (including phenoxy) is 1. The van der Waals surface area contributed by atoms with Crippen molar-refractivity contribution in [2.45, 2.75) is 32.4 Å². The molecule has 5 nitrogen and oxygen atoms in total. The molecule has 1 fully saturated rings. The zero-order valence-electron chi connectivity index (χ0n) is 12.1. The summed E-state index contributed by atoms with van der Waals surface area (Å²) in [6.07, 6.45) is 1.60. The topological polar surface area (TPSA) is 45.7 Å². The number of pyridine rings is 1. The Balaban J connectivity index is 1.82. The molecule has 1 atom stereocenters. The highest BCUT2D eigenvalue weighted by Crippen LogP contribution is 2.24. The van der Waals surface area contributed by atoms with Gasteiger partial charge in [-0.05, 0) is 25.8 Å². The average molecular weight is 275 g/mol. The van der Waals surface area contributed by atoms with Crippen LogP contribution in [0.4, 0.5) is 5.82 Å². The number of amides is 1. The summed E-state index contributed by atoms with van der Waals surface area (Å²) >= 11 is 0. The lowest BCUT2D eigenvalue weighted by Gasteiger charge is -2.23. The maximum Gasteiger partial charge on any atom is 0.252 e. The largest absolute Gasteiger partial charge is 0.368 e. The van der Waals surface area contributed by atoms with Gasteiger partial charge in [-0.15, -0.1) is 0 Å². The normalized spacial score (nSPS) is 22.6. The third-order valence-corrected chi connectivity index (χ3v) is 4.04. The SMILES string of the molecule is Cc1ccc2c(n1)N(C)CCN(C(=O)[C@@H]1CCCO1)C2. The van der Waals surface area contributed by atoms with Crippen LogP contribution < -0.4 is 4.90 Å². The molecule has 2 aliphatic heterocycles. The minimum atomic E-state index is -0.236. The summed E-state index contributed by atoms with van der Waals surface area (Å²) in [6.45, 7) is 4.87. The van der Waals surface area contributed by atoms with Crippen LogP contribution in [0, 0.1) is 6.92 Å². The highest BCUT2D eigenvalue weighted by Gasteiger charge is 2.30. The van der Waals surface area contributed by atoms with Crippen LogP contribution in [0.1, 0.15) is 24.1 Å². The van der Waals surface area contributed by atoms with Crippen molar-refractivity contribution in [3.8, 4) is 0 Å². The van der Waals surface area contributed by atoms with Gasteiger partial charge in [-0.2, -0.15) is 0 Å². The summed E-state index contributed by atoms with van der Waals surface area (Å²) in [5, 5.41) is 0. The van der Waals surface area contributed by atoms with Crippen LogP contribution >= 0.6 is 0 Å². The van der Waals surface area contributed by atoms with Gasteiger partial charge in [-0.1, -0.05) is 6.07 Å². The number of anilines is 1. The number of likely N-dealkylation sites (N-methyl/N-ethyl adjacent to an activating group) is 1. The second-order valence-electron chi connectivity index (χ2n) is 5.62. The van der Waals surface area contributed by atoms with Crippen LogP contribution in [0.25, 0.3) is 0 Å². The molecular formula is C15H21N3O2. The molecule has 0 unspecified atom stereocenters. The molecule has 2 aliphatic rings. The Kier molecular flexibility index (Phi) is 3.61. The lowest BCUT2D eigenvalue weighted by molar-refractivity contribution is -0.141. The van der Waals surface area contributed by atoms with E-state index >= 15 is 0 Å². The Bertz CT molecular complexity index is 512. The zero-order chi connectivity index (χ0) is 14.1. The summed E-state index contributed by atoms with van der Waals surface area (Å²) < 4.78 is 5.52. The first kappa shape index (κ1) is 13.4. The number of fused-ring (bicyclic) bond motifs is 1. The molecule has 0 spiro atoms. The molecule has 5 heteroatoms. The van der Waals surface area contributed by atoms with Crippen LogP contribution in [-0.2, 0) is 16.1 Å². The number of hydrogen-bond acceptors (Lipinski definition) is 4. The van der Waals surface area contributed by atoms with Gasteiger partial charge < -0.3 is 14.5 Å². The fourth-order valence-corrected chi connectivity index (χ4v) is 2.85. The summed E-state index contributed by atoms with van der Waals surface area (Å²) in [7, 11) is 2.03. The molecule has 3 heterocycles. The van der Waals surface area contributed by atoms with Gasteiger partial charge in [0.25, 0.3) is 5.91 Å². The quantitative estimate of drug-likeness (QED) is 0.776. The van der Waals surface area contributed by atoms with E-state index in [1.54, 1.807) is 0 Å². The Labute approximate surface area is 119 Å². The molecule has 108 valence electrons. The van der Waals surface area contributed by atoms with Crippen molar-refractivity contribution in [1.29, 1.82) is 0 Å². The number of rotatable bonds is 1. The van der Waals surface area contributed by atoms with E-state index in [1.807, 2.05) is 24.9 Å².